The summed E-state index contributed by atoms with van der Waals surface area (Å²) < 4.78 is 0. The summed E-state index contributed by atoms with van der Waals surface area (Å²) in [5.41, 5.74) is 3.89. The molecule has 2 aromatic carbocycles. The highest BCUT2D eigenvalue weighted by Crippen LogP contribution is 2.35. The van der Waals surface area contributed by atoms with Gasteiger partial charge in [0, 0.05) is 17.3 Å². The van der Waals surface area contributed by atoms with Crippen molar-refractivity contribution in [3.8, 4) is 0 Å². The molecular weight excluding hydrogens is 280 g/mol. The first-order chi connectivity index (χ1) is 11.1. The number of aromatic nitrogens is 1. The van der Waals surface area contributed by atoms with Crippen molar-refractivity contribution in [2.75, 3.05) is 5.32 Å². The van der Waals surface area contributed by atoms with Crippen LogP contribution in [0.15, 0.2) is 54.7 Å². The molecule has 0 aliphatic heterocycles. The molecule has 0 unspecified atom stereocenters. The van der Waals surface area contributed by atoms with Gasteiger partial charge in [0.2, 0.25) is 0 Å². The third-order valence-corrected chi connectivity index (χ3v) is 4.29. The second-order valence-corrected chi connectivity index (χ2v) is 6.63. The molecule has 0 amide bonds. The van der Waals surface area contributed by atoms with Crippen molar-refractivity contribution in [1.82, 2.24) is 4.98 Å². The van der Waals surface area contributed by atoms with E-state index < -0.39 is 0 Å². The maximum Gasteiger partial charge on any atom is 0.138 e. The highest BCUT2D eigenvalue weighted by Gasteiger charge is 2.15. The molecule has 1 aromatic heterocycles. The lowest BCUT2D eigenvalue weighted by Crippen LogP contribution is -2.05. The molecule has 1 N–H and O–H groups in total. The number of para-hydroxylation sites is 1. The molecule has 0 radical (unpaired) electrons. The number of rotatable bonds is 4. The topological polar surface area (TPSA) is 24.9 Å². The van der Waals surface area contributed by atoms with E-state index >= 15 is 0 Å². The van der Waals surface area contributed by atoms with Gasteiger partial charge in [-0.1, -0.05) is 70.2 Å². The van der Waals surface area contributed by atoms with Crippen molar-refractivity contribution in [2.24, 2.45) is 0 Å². The lowest BCUT2D eigenvalue weighted by molar-refractivity contribution is 0.838. The van der Waals surface area contributed by atoms with Crippen LogP contribution in [0.5, 0.6) is 0 Å². The number of hydrogen-bond donors (Lipinski definition) is 1. The predicted molar refractivity (Wildman–Crippen MR) is 99.6 cm³/mol. The fourth-order valence-electron chi connectivity index (χ4n) is 3.03. The fourth-order valence-corrected chi connectivity index (χ4v) is 3.03. The van der Waals surface area contributed by atoms with Gasteiger partial charge in [-0.15, -0.1) is 0 Å². The monoisotopic (exact) mass is 304 g/mol. The molecule has 1 heterocycles. The summed E-state index contributed by atoms with van der Waals surface area (Å²) in [5.74, 6) is 1.86. The summed E-state index contributed by atoms with van der Waals surface area (Å²) in [6.07, 6.45) is 1.87. The van der Waals surface area contributed by atoms with E-state index in [0.717, 1.165) is 11.2 Å². The minimum atomic E-state index is 0.464. The van der Waals surface area contributed by atoms with Crippen LogP contribution in [0, 0.1) is 0 Å². The van der Waals surface area contributed by atoms with Crippen LogP contribution in [-0.2, 0) is 0 Å². The van der Waals surface area contributed by atoms with E-state index in [1.165, 1.54) is 22.2 Å². The third kappa shape index (κ3) is 3.07. The van der Waals surface area contributed by atoms with Crippen molar-refractivity contribution in [2.45, 2.75) is 39.5 Å². The number of hydrogen-bond acceptors (Lipinski definition) is 2. The van der Waals surface area contributed by atoms with Crippen LogP contribution in [0.3, 0.4) is 0 Å². The Morgan fingerprint density at radius 3 is 2.09 bits per heavy atom. The Kier molecular flexibility index (Phi) is 4.33. The van der Waals surface area contributed by atoms with Crippen molar-refractivity contribution in [3.05, 3.63) is 65.9 Å². The molecule has 0 bridgehead atoms. The molecule has 118 valence electrons. The van der Waals surface area contributed by atoms with E-state index in [0.29, 0.717) is 11.8 Å². The summed E-state index contributed by atoms with van der Waals surface area (Å²) in [7, 11) is 0. The minimum absolute atomic E-state index is 0.464. The first-order valence-corrected chi connectivity index (χ1v) is 8.31. The fraction of sp³-hybridized carbons (Fsp3) is 0.286. The number of benzene rings is 2. The van der Waals surface area contributed by atoms with E-state index in [2.05, 4.69) is 86.5 Å². The maximum absolute atomic E-state index is 4.59. The normalized spacial score (nSPS) is 11.4. The number of fused-ring (bicyclic) bond motifs is 1. The predicted octanol–water partition coefficient (Wildman–Crippen LogP) is 6.23. The summed E-state index contributed by atoms with van der Waals surface area (Å²) in [6.45, 7) is 8.95. The highest BCUT2D eigenvalue weighted by molar-refractivity contribution is 5.93. The lowest BCUT2D eigenvalue weighted by Gasteiger charge is -2.21. The van der Waals surface area contributed by atoms with Gasteiger partial charge in [0.15, 0.2) is 0 Å². The summed E-state index contributed by atoms with van der Waals surface area (Å²) in [4.78, 5) is 4.59. The molecule has 2 heteroatoms. The number of nitrogens with one attached hydrogen (secondary N) is 1. The second kappa shape index (κ2) is 6.41. The molecule has 0 atom stereocenters. The average Bonchev–Trinajstić information content (AvgIpc) is 2.55. The Balaban J connectivity index is 2.15. The Hall–Kier alpha value is -2.35. The molecule has 2 nitrogen and oxygen atoms in total. The van der Waals surface area contributed by atoms with Crippen LogP contribution in [0.25, 0.3) is 10.8 Å². The summed E-state index contributed by atoms with van der Waals surface area (Å²) in [6, 6.07) is 17.0. The largest absolute Gasteiger partial charge is 0.339 e. The zero-order valence-electron chi connectivity index (χ0n) is 14.3. The van der Waals surface area contributed by atoms with E-state index in [9.17, 15) is 0 Å². The minimum Gasteiger partial charge on any atom is -0.339 e. The van der Waals surface area contributed by atoms with Gasteiger partial charge < -0.3 is 5.32 Å². The quantitative estimate of drug-likeness (QED) is 0.618. The van der Waals surface area contributed by atoms with Crippen molar-refractivity contribution < 1.29 is 0 Å². The second-order valence-electron chi connectivity index (χ2n) is 6.63. The van der Waals surface area contributed by atoms with Gasteiger partial charge in [0.1, 0.15) is 5.82 Å². The number of pyridine rings is 1. The van der Waals surface area contributed by atoms with E-state index in [-0.39, 0.29) is 0 Å². The van der Waals surface area contributed by atoms with E-state index in [1.54, 1.807) is 0 Å². The SMILES string of the molecule is CC(C)c1cccc(C(C)C)c1Nc1nccc2ccccc12. The van der Waals surface area contributed by atoms with Gasteiger partial charge in [-0.05, 0) is 34.4 Å². The summed E-state index contributed by atoms with van der Waals surface area (Å²) >= 11 is 0. The molecule has 0 saturated heterocycles. The number of nitrogens with zero attached hydrogens (tertiary/aromatic N) is 1. The first-order valence-electron chi connectivity index (χ1n) is 8.31. The Morgan fingerprint density at radius 1 is 0.783 bits per heavy atom. The van der Waals surface area contributed by atoms with Crippen molar-refractivity contribution in [3.63, 3.8) is 0 Å². The summed E-state index contributed by atoms with van der Waals surface area (Å²) in [5, 5.41) is 6.00. The molecule has 0 aliphatic carbocycles. The van der Waals surface area contributed by atoms with Crippen LogP contribution < -0.4 is 5.32 Å². The van der Waals surface area contributed by atoms with Gasteiger partial charge >= 0.3 is 0 Å². The van der Waals surface area contributed by atoms with Crippen LogP contribution >= 0.6 is 0 Å². The molecule has 0 saturated carbocycles. The van der Waals surface area contributed by atoms with Crippen LogP contribution in [-0.4, -0.2) is 4.98 Å². The van der Waals surface area contributed by atoms with Gasteiger partial charge in [0.25, 0.3) is 0 Å². The van der Waals surface area contributed by atoms with Crippen molar-refractivity contribution in [1.29, 1.82) is 0 Å². The molecule has 0 spiro atoms. The smallest absolute Gasteiger partial charge is 0.138 e. The van der Waals surface area contributed by atoms with Crippen LogP contribution in [0.1, 0.15) is 50.7 Å². The molecule has 3 aromatic rings. The van der Waals surface area contributed by atoms with Gasteiger partial charge in [-0.3, -0.25) is 0 Å². The Morgan fingerprint density at radius 2 is 1.43 bits per heavy atom. The van der Waals surface area contributed by atoms with E-state index in [4.69, 9.17) is 0 Å². The molecular formula is C21H24N2. The van der Waals surface area contributed by atoms with Crippen LogP contribution in [0.2, 0.25) is 0 Å². The van der Waals surface area contributed by atoms with Crippen molar-refractivity contribution >= 4 is 22.3 Å². The average molecular weight is 304 g/mol. The highest BCUT2D eigenvalue weighted by atomic mass is 15.0. The molecule has 0 fully saturated rings. The van der Waals surface area contributed by atoms with E-state index in [1.807, 2.05) is 6.20 Å². The lowest BCUT2D eigenvalue weighted by atomic mass is 9.92. The maximum atomic E-state index is 4.59. The Bertz CT molecular complexity index is 787. The van der Waals surface area contributed by atoms with Gasteiger partial charge in [0.05, 0.1) is 0 Å². The molecule has 3 rings (SSSR count). The zero-order valence-corrected chi connectivity index (χ0v) is 14.3. The molecule has 23 heavy (non-hydrogen) atoms. The Labute approximate surface area is 138 Å². The number of anilines is 2. The third-order valence-electron chi connectivity index (χ3n) is 4.29. The zero-order chi connectivity index (χ0) is 16.4. The van der Waals surface area contributed by atoms with Crippen LogP contribution in [0.4, 0.5) is 11.5 Å². The molecule has 0 aliphatic rings. The van der Waals surface area contributed by atoms with Gasteiger partial charge in [-0.25, -0.2) is 4.98 Å². The standard InChI is InChI=1S/C21H24N2/c1-14(2)17-10-7-11-18(15(3)4)20(17)23-21-19-9-6-5-8-16(19)12-13-22-21/h5-15H,1-4H3,(H,22,23). The first kappa shape index (κ1) is 15.5. The van der Waals surface area contributed by atoms with Gasteiger partial charge in [-0.2, -0.15) is 0 Å².